The molecule has 36 heavy (non-hydrogen) atoms. The van der Waals surface area contributed by atoms with Gasteiger partial charge in [0.1, 0.15) is 6.04 Å². The van der Waals surface area contributed by atoms with Gasteiger partial charge in [0, 0.05) is 24.0 Å². The maximum atomic E-state index is 13.6. The zero-order chi connectivity index (χ0) is 25.9. The van der Waals surface area contributed by atoms with E-state index in [1.54, 1.807) is 18.7 Å². The number of amides is 3. The molecule has 8 heteroatoms. The summed E-state index contributed by atoms with van der Waals surface area (Å²) >= 11 is 0. The Labute approximate surface area is 211 Å². The Balaban J connectivity index is 1.58. The average Bonchev–Trinajstić information content (AvgIpc) is 3.28. The van der Waals surface area contributed by atoms with E-state index >= 15 is 0 Å². The maximum Gasteiger partial charge on any atom is 0.251 e. The molecule has 1 aliphatic heterocycles. The number of aromatic amines is 1. The van der Waals surface area contributed by atoms with Crippen molar-refractivity contribution in [3.05, 3.63) is 77.6 Å². The molecule has 0 radical (unpaired) electrons. The van der Waals surface area contributed by atoms with Crippen LogP contribution in [0.5, 0.6) is 0 Å². The molecule has 2 heterocycles. The number of anilines is 1. The lowest BCUT2D eigenvalue weighted by Crippen LogP contribution is -2.56. The van der Waals surface area contributed by atoms with Crippen molar-refractivity contribution in [2.24, 2.45) is 5.73 Å². The van der Waals surface area contributed by atoms with E-state index in [0.717, 1.165) is 28.1 Å². The highest BCUT2D eigenvalue weighted by Crippen LogP contribution is 2.29. The van der Waals surface area contributed by atoms with Crippen molar-refractivity contribution in [1.82, 2.24) is 15.6 Å². The van der Waals surface area contributed by atoms with E-state index in [2.05, 4.69) is 15.6 Å². The Morgan fingerprint density at radius 1 is 1.11 bits per heavy atom. The topological polar surface area (TPSA) is 120 Å². The van der Waals surface area contributed by atoms with Crippen LogP contribution < -0.4 is 21.3 Å². The second-order valence-electron chi connectivity index (χ2n) is 9.65. The number of hydrogen-bond donors (Lipinski definition) is 4. The summed E-state index contributed by atoms with van der Waals surface area (Å²) in [5, 5.41) is 5.70. The van der Waals surface area contributed by atoms with E-state index < -0.39 is 11.6 Å². The molecular weight excluding hydrogens is 454 g/mol. The number of fused-ring (bicyclic) bond motifs is 1. The van der Waals surface area contributed by atoms with Gasteiger partial charge in [0.25, 0.3) is 5.91 Å². The molecular formula is C28H33N5O3. The van der Waals surface area contributed by atoms with E-state index in [4.69, 9.17) is 5.73 Å². The Bertz CT molecular complexity index is 1260. The van der Waals surface area contributed by atoms with Crippen molar-refractivity contribution in [2.45, 2.75) is 51.7 Å². The number of benzene rings is 2. The first kappa shape index (κ1) is 25.2. The molecule has 1 atom stereocenters. The first-order chi connectivity index (χ1) is 17.2. The molecule has 0 saturated heterocycles. The molecule has 2 aromatic carbocycles. The number of carbonyl (C=O) groups excluding carboxylic acids is 3. The second kappa shape index (κ2) is 10.4. The molecule has 0 saturated carbocycles. The molecule has 8 nitrogen and oxygen atoms in total. The third kappa shape index (κ3) is 5.33. The molecule has 1 aliphatic rings. The molecule has 1 aromatic heterocycles. The first-order valence-electron chi connectivity index (χ1n) is 12.2. The summed E-state index contributed by atoms with van der Waals surface area (Å²) in [5.74, 6) is -0.640. The predicted octanol–water partition coefficient (Wildman–Crippen LogP) is 3.13. The van der Waals surface area contributed by atoms with Gasteiger partial charge in [0.15, 0.2) is 0 Å². The fourth-order valence-electron chi connectivity index (χ4n) is 4.37. The van der Waals surface area contributed by atoms with Gasteiger partial charge in [-0.2, -0.15) is 0 Å². The Hall–Kier alpha value is -3.91. The van der Waals surface area contributed by atoms with Crippen LogP contribution in [0.4, 0.5) is 5.69 Å². The molecule has 0 aliphatic carbocycles. The van der Waals surface area contributed by atoms with Crippen molar-refractivity contribution < 1.29 is 14.4 Å². The standard InChI is InChI=1S/C28H33N5O3/c1-4-30-25(34)21-8-6-5-7-20(21)19-11-9-18(10-12-19)17-33-24-15-16-31-22(24)13-14-23(26(33)35)32-27(36)28(2,3)29/h5-12,15-16,23,31H,4,13-14,17,29H2,1-3H3,(H,30,34)(H,32,36). The van der Waals surface area contributed by atoms with Gasteiger partial charge in [-0.3, -0.25) is 14.4 Å². The van der Waals surface area contributed by atoms with Crippen LogP contribution in [0.1, 0.15) is 48.8 Å². The summed E-state index contributed by atoms with van der Waals surface area (Å²) in [6, 6.07) is 16.6. The Morgan fingerprint density at radius 2 is 1.83 bits per heavy atom. The zero-order valence-electron chi connectivity index (χ0n) is 20.9. The van der Waals surface area contributed by atoms with Crippen LogP contribution in [-0.4, -0.2) is 40.8 Å². The van der Waals surface area contributed by atoms with Crippen LogP contribution in [0.3, 0.4) is 0 Å². The molecule has 1 unspecified atom stereocenters. The number of rotatable bonds is 7. The fourth-order valence-corrected chi connectivity index (χ4v) is 4.37. The summed E-state index contributed by atoms with van der Waals surface area (Å²) < 4.78 is 0. The molecule has 0 fully saturated rings. The number of nitrogens with zero attached hydrogens (tertiary/aromatic N) is 1. The number of nitrogens with two attached hydrogens (primary N) is 1. The van der Waals surface area contributed by atoms with Crippen LogP contribution in [0.15, 0.2) is 60.8 Å². The van der Waals surface area contributed by atoms with Crippen molar-refractivity contribution in [2.75, 3.05) is 11.4 Å². The predicted molar refractivity (Wildman–Crippen MR) is 140 cm³/mol. The van der Waals surface area contributed by atoms with Crippen molar-refractivity contribution in [3.8, 4) is 11.1 Å². The largest absolute Gasteiger partial charge is 0.363 e. The molecule has 5 N–H and O–H groups in total. The number of carbonyl (C=O) groups is 3. The summed E-state index contributed by atoms with van der Waals surface area (Å²) in [5.41, 5.74) is 9.95. The lowest BCUT2D eigenvalue weighted by atomic mass is 9.98. The number of aromatic nitrogens is 1. The number of nitrogens with one attached hydrogen (secondary N) is 3. The highest BCUT2D eigenvalue weighted by molar-refractivity contribution is 6.02. The van der Waals surface area contributed by atoms with Crippen LogP contribution in [0.2, 0.25) is 0 Å². The van der Waals surface area contributed by atoms with E-state index in [9.17, 15) is 14.4 Å². The second-order valence-corrected chi connectivity index (χ2v) is 9.65. The van der Waals surface area contributed by atoms with E-state index in [-0.39, 0.29) is 17.7 Å². The van der Waals surface area contributed by atoms with Gasteiger partial charge in [-0.05, 0) is 62.4 Å². The minimum atomic E-state index is -1.08. The molecule has 0 spiro atoms. The van der Waals surface area contributed by atoms with E-state index in [0.29, 0.717) is 31.5 Å². The lowest BCUT2D eigenvalue weighted by Gasteiger charge is -2.27. The van der Waals surface area contributed by atoms with E-state index in [1.807, 2.05) is 67.7 Å². The number of aryl methyl sites for hydroxylation is 1. The fraction of sp³-hybridized carbons (Fsp3) is 0.321. The first-order valence-corrected chi connectivity index (χ1v) is 12.2. The van der Waals surface area contributed by atoms with Crippen molar-refractivity contribution in [1.29, 1.82) is 0 Å². The smallest absolute Gasteiger partial charge is 0.251 e. The van der Waals surface area contributed by atoms with Gasteiger partial charge < -0.3 is 26.3 Å². The maximum absolute atomic E-state index is 13.6. The van der Waals surface area contributed by atoms with Gasteiger partial charge in [-0.15, -0.1) is 0 Å². The molecule has 4 rings (SSSR count). The van der Waals surface area contributed by atoms with Gasteiger partial charge in [0.2, 0.25) is 11.8 Å². The van der Waals surface area contributed by atoms with Crippen LogP contribution in [0, 0.1) is 0 Å². The minimum absolute atomic E-state index is 0.110. The Morgan fingerprint density at radius 3 is 2.53 bits per heavy atom. The third-order valence-electron chi connectivity index (χ3n) is 6.35. The molecule has 3 aromatic rings. The molecule has 3 amide bonds. The summed E-state index contributed by atoms with van der Waals surface area (Å²) in [6.45, 7) is 6.04. The highest BCUT2D eigenvalue weighted by Gasteiger charge is 2.34. The zero-order valence-corrected chi connectivity index (χ0v) is 20.9. The monoisotopic (exact) mass is 487 g/mol. The van der Waals surface area contributed by atoms with Crippen LogP contribution in [0.25, 0.3) is 11.1 Å². The number of hydrogen-bond acceptors (Lipinski definition) is 4. The van der Waals surface area contributed by atoms with Crippen LogP contribution in [-0.2, 0) is 22.6 Å². The quantitative estimate of drug-likeness (QED) is 0.409. The van der Waals surface area contributed by atoms with Gasteiger partial charge in [-0.1, -0.05) is 42.5 Å². The normalized spacial score (nSPS) is 15.7. The summed E-state index contributed by atoms with van der Waals surface area (Å²) in [4.78, 5) is 43.5. The summed E-state index contributed by atoms with van der Waals surface area (Å²) in [6.07, 6.45) is 2.95. The van der Waals surface area contributed by atoms with Gasteiger partial charge >= 0.3 is 0 Å². The van der Waals surface area contributed by atoms with Crippen molar-refractivity contribution >= 4 is 23.4 Å². The highest BCUT2D eigenvalue weighted by atomic mass is 16.2. The SMILES string of the molecule is CCNC(=O)c1ccccc1-c1ccc(CN2C(=O)C(NC(=O)C(C)(C)N)CCc3[nH]ccc32)cc1. The molecule has 0 bridgehead atoms. The van der Waals surface area contributed by atoms with Crippen LogP contribution >= 0.6 is 0 Å². The third-order valence-corrected chi connectivity index (χ3v) is 6.35. The minimum Gasteiger partial charge on any atom is -0.363 e. The number of H-pyrrole nitrogens is 1. The summed E-state index contributed by atoms with van der Waals surface area (Å²) in [7, 11) is 0. The van der Waals surface area contributed by atoms with E-state index in [1.165, 1.54) is 0 Å². The lowest BCUT2D eigenvalue weighted by molar-refractivity contribution is -0.130. The average molecular weight is 488 g/mol. The van der Waals surface area contributed by atoms with Gasteiger partial charge in [-0.25, -0.2) is 0 Å². The van der Waals surface area contributed by atoms with Crippen molar-refractivity contribution in [3.63, 3.8) is 0 Å². The Kier molecular flexibility index (Phi) is 7.26. The molecule has 188 valence electrons. The van der Waals surface area contributed by atoms with Gasteiger partial charge in [0.05, 0.1) is 17.8 Å².